The van der Waals surface area contributed by atoms with Crippen LogP contribution in [0.3, 0.4) is 0 Å². The molecule has 0 radical (unpaired) electrons. The van der Waals surface area contributed by atoms with Gasteiger partial charge in [-0.05, 0) is 5.56 Å². The van der Waals surface area contributed by atoms with Gasteiger partial charge in [0.25, 0.3) is 0 Å². The van der Waals surface area contributed by atoms with Crippen LogP contribution < -0.4 is 5.32 Å². The predicted molar refractivity (Wildman–Crippen MR) is 53.2 cm³/mol. The highest BCUT2D eigenvalue weighted by atomic mass is 16.5. The predicted octanol–water partition coefficient (Wildman–Crippen LogP) is 1.62. The van der Waals surface area contributed by atoms with E-state index in [0.717, 1.165) is 0 Å². The van der Waals surface area contributed by atoms with Gasteiger partial charge in [-0.1, -0.05) is 30.3 Å². The van der Waals surface area contributed by atoms with E-state index >= 15 is 0 Å². The first-order chi connectivity index (χ1) is 6.95. The van der Waals surface area contributed by atoms with Gasteiger partial charge in [-0.25, -0.2) is 0 Å². The maximum atomic E-state index is 5.48. The Labute approximate surface area is 83.3 Å². The molecule has 0 spiro atoms. The van der Waals surface area contributed by atoms with Crippen molar-refractivity contribution in [3.05, 3.63) is 48.4 Å². The topological polar surface area (TPSA) is 30.5 Å². The molecule has 0 amide bonds. The van der Waals surface area contributed by atoms with Gasteiger partial charge < -0.3 is 14.8 Å². The molecule has 0 aliphatic carbocycles. The molecule has 0 aromatic heterocycles. The van der Waals surface area contributed by atoms with Gasteiger partial charge in [0.2, 0.25) is 0 Å². The molecule has 0 saturated heterocycles. The van der Waals surface area contributed by atoms with Crippen LogP contribution in [-0.2, 0) is 16.1 Å². The first-order valence-electron chi connectivity index (χ1n) is 4.63. The smallest absolute Gasteiger partial charge is 0.192 e. The van der Waals surface area contributed by atoms with Gasteiger partial charge in [-0.15, -0.1) is 0 Å². The molecule has 1 unspecified atom stereocenters. The molecule has 0 fully saturated rings. The fraction of sp³-hybridized carbons (Fsp3) is 0.273. The van der Waals surface area contributed by atoms with E-state index in [9.17, 15) is 0 Å². The molecule has 1 heterocycles. The molecule has 1 atom stereocenters. The van der Waals surface area contributed by atoms with Crippen molar-refractivity contribution in [1.82, 2.24) is 5.32 Å². The molecule has 1 aromatic rings. The normalized spacial score (nSPS) is 19.0. The van der Waals surface area contributed by atoms with Crippen molar-refractivity contribution in [2.24, 2.45) is 0 Å². The maximum absolute atomic E-state index is 5.48. The average Bonchev–Trinajstić information content (AvgIpc) is 2.72. The summed E-state index contributed by atoms with van der Waals surface area (Å²) < 4.78 is 10.7. The lowest BCUT2D eigenvalue weighted by Crippen LogP contribution is -2.26. The summed E-state index contributed by atoms with van der Waals surface area (Å²) in [7, 11) is 0. The third-order valence-corrected chi connectivity index (χ3v) is 1.97. The second-order valence-electron chi connectivity index (χ2n) is 3.09. The first kappa shape index (κ1) is 9.09. The molecule has 74 valence electrons. The van der Waals surface area contributed by atoms with Crippen LogP contribution in [0.2, 0.25) is 0 Å². The summed E-state index contributed by atoms with van der Waals surface area (Å²) in [6.07, 6.45) is 3.38. The second-order valence-corrected chi connectivity index (χ2v) is 3.09. The molecule has 1 aliphatic heterocycles. The molecule has 2 rings (SSSR count). The van der Waals surface area contributed by atoms with Crippen molar-refractivity contribution in [3.8, 4) is 0 Å². The van der Waals surface area contributed by atoms with Crippen molar-refractivity contribution in [1.29, 1.82) is 0 Å². The van der Waals surface area contributed by atoms with Crippen molar-refractivity contribution < 1.29 is 9.47 Å². The molecular weight excluding hydrogens is 178 g/mol. The summed E-state index contributed by atoms with van der Waals surface area (Å²) in [5.41, 5.74) is 1.18. The molecule has 3 nitrogen and oxygen atoms in total. The SMILES string of the molecule is C1=COC(COCc2ccccc2)N1. The van der Waals surface area contributed by atoms with E-state index in [1.807, 2.05) is 30.3 Å². The van der Waals surface area contributed by atoms with Crippen LogP contribution in [0.1, 0.15) is 5.56 Å². The molecule has 1 aromatic carbocycles. The Balaban J connectivity index is 1.68. The van der Waals surface area contributed by atoms with E-state index in [1.165, 1.54) is 5.56 Å². The fourth-order valence-corrected chi connectivity index (χ4v) is 1.27. The van der Waals surface area contributed by atoms with Crippen molar-refractivity contribution in [3.63, 3.8) is 0 Å². The van der Waals surface area contributed by atoms with E-state index in [0.29, 0.717) is 13.2 Å². The highest BCUT2D eigenvalue weighted by molar-refractivity contribution is 5.13. The average molecular weight is 191 g/mol. The molecule has 0 saturated carbocycles. The highest BCUT2D eigenvalue weighted by Gasteiger charge is 2.09. The Morgan fingerprint density at radius 1 is 1.29 bits per heavy atom. The van der Waals surface area contributed by atoms with Gasteiger partial charge in [0.05, 0.1) is 6.61 Å². The van der Waals surface area contributed by atoms with Gasteiger partial charge >= 0.3 is 0 Å². The lowest BCUT2D eigenvalue weighted by Gasteiger charge is -2.11. The lowest BCUT2D eigenvalue weighted by molar-refractivity contribution is 0.0214. The zero-order chi connectivity index (χ0) is 9.64. The van der Waals surface area contributed by atoms with Crippen LogP contribution in [0.4, 0.5) is 0 Å². The fourth-order valence-electron chi connectivity index (χ4n) is 1.27. The molecule has 14 heavy (non-hydrogen) atoms. The van der Waals surface area contributed by atoms with E-state index in [4.69, 9.17) is 9.47 Å². The van der Waals surface area contributed by atoms with Crippen molar-refractivity contribution >= 4 is 0 Å². The first-order valence-corrected chi connectivity index (χ1v) is 4.63. The monoisotopic (exact) mass is 191 g/mol. The minimum absolute atomic E-state index is 0.0290. The molecular formula is C11H13NO2. The Hall–Kier alpha value is -1.48. The quantitative estimate of drug-likeness (QED) is 0.784. The van der Waals surface area contributed by atoms with Crippen molar-refractivity contribution in [2.45, 2.75) is 12.8 Å². The van der Waals surface area contributed by atoms with Crippen LogP contribution in [-0.4, -0.2) is 12.8 Å². The van der Waals surface area contributed by atoms with Gasteiger partial charge in [0.15, 0.2) is 6.23 Å². The Kier molecular flexibility index (Phi) is 3.03. The summed E-state index contributed by atoms with van der Waals surface area (Å²) in [4.78, 5) is 0. The van der Waals surface area contributed by atoms with Gasteiger partial charge in [0.1, 0.15) is 12.9 Å². The summed E-state index contributed by atoms with van der Waals surface area (Å²) in [5.74, 6) is 0. The minimum Gasteiger partial charge on any atom is -0.474 e. The Morgan fingerprint density at radius 2 is 2.14 bits per heavy atom. The van der Waals surface area contributed by atoms with Crippen LogP contribution in [0.25, 0.3) is 0 Å². The summed E-state index contributed by atoms with van der Waals surface area (Å²) in [5, 5.41) is 3.02. The van der Waals surface area contributed by atoms with Crippen LogP contribution in [0, 0.1) is 0 Å². The number of rotatable bonds is 4. The highest BCUT2D eigenvalue weighted by Crippen LogP contribution is 2.03. The maximum Gasteiger partial charge on any atom is 0.192 e. The number of hydrogen-bond acceptors (Lipinski definition) is 3. The number of nitrogens with one attached hydrogen (secondary N) is 1. The van der Waals surface area contributed by atoms with Gasteiger partial charge in [0, 0.05) is 6.20 Å². The van der Waals surface area contributed by atoms with Gasteiger partial charge in [-0.2, -0.15) is 0 Å². The molecule has 1 aliphatic rings. The summed E-state index contributed by atoms with van der Waals surface area (Å²) in [6, 6.07) is 10.1. The lowest BCUT2D eigenvalue weighted by atomic mass is 10.2. The molecule has 0 bridgehead atoms. The third-order valence-electron chi connectivity index (χ3n) is 1.97. The van der Waals surface area contributed by atoms with E-state index in [1.54, 1.807) is 12.5 Å². The largest absolute Gasteiger partial charge is 0.474 e. The standard InChI is InChI=1S/C11H13NO2/c1-2-4-10(5-3-1)8-13-9-11-12-6-7-14-11/h1-7,11-12H,8-9H2. The Bertz CT molecular complexity index is 289. The number of hydrogen-bond donors (Lipinski definition) is 1. The third kappa shape index (κ3) is 2.50. The van der Waals surface area contributed by atoms with E-state index in [-0.39, 0.29) is 6.23 Å². The van der Waals surface area contributed by atoms with Crippen LogP contribution in [0.15, 0.2) is 42.8 Å². The number of ether oxygens (including phenoxy) is 2. The number of benzene rings is 1. The van der Waals surface area contributed by atoms with Crippen molar-refractivity contribution in [2.75, 3.05) is 6.61 Å². The zero-order valence-electron chi connectivity index (χ0n) is 7.85. The minimum atomic E-state index is -0.0290. The second kappa shape index (κ2) is 4.67. The van der Waals surface area contributed by atoms with E-state index < -0.39 is 0 Å². The summed E-state index contributed by atoms with van der Waals surface area (Å²) >= 11 is 0. The zero-order valence-corrected chi connectivity index (χ0v) is 7.85. The molecule has 3 heteroatoms. The Morgan fingerprint density at radius 3 is 2.86 bits per heavy atom. The molecule has 1 N–H and O–H groups in total. The van der Waals surface area contributed by atoms with Crippen LogP contribution >= 0.6 is 0 Å². The van der Waals surface area contributed by atoms with Crippen LogP contribution in [0.5, 0.6) is 0 Å². The summed E-state index contributed by atoms with van der Waals surface area (Å²) in [6.45, 7) is 1.18. The van der Waals surface area contributed by atoms with E-state index in [2.05, 4.69) is 5.32 Å². The van der Waals surface area contributed by atoms with Gasteiger partial charge in [-0.3, -0.25) is 0 Å².